The Morgan fingerprint density at radius 1 is 0.947 bits per heavy atom. The van der Waals surface area contributed by atoms with Crippen LogP contribution in [0.4, 0.5) is 0 Å². The monoisotopic (exact) mass is 506 g/mol. The summed E-state index contributed by atoms with van der Waals surface area (Å²) in [7, 11) is 0. The lowest BCUT2D eigenvalue weighted by molar-refractivity contribution is -0.140. The van der Waals surface area contributed by atoms with Gasteiger partial charge in [0.1, 0.15) is 5.76 Å². The van der Waals surface area contributed by atoms with Gasteiger partial charge in [-0.25, -0.2) is 4.79 Å². The van der Waals surface area contributed by atoms with Crippen LogP contribution in [0, 0.1) is 0 Å². The van der Waals surface area contributed by atoms with Crippen molar-refractivity contribution in [2.45, 2.75) is 25.9 Å². The first kappa shape index (κ1) is 24.9. The van der Waals surface area contributed by atoms with E-state index in [0.717, 1.165) is 22.8 Å². The number of benzene rings is 3. The number of hydrogen-bond donors (Lipinski definition) is 1. The van der Waals surface area contributed by atoms with Gasteiger partial charge in [0.15, 0.2) is 0 Å². The number of fused-ring (bicyclic) bond motifs is 1. The highest BCUT2D eigenvalue weighted by atomic mass is 16.5. The second-order valence-electron chi connectivity index (χ2n) is 9.11. The van der Waals surface area contributed by atoms with Gasteiger partial charge in [0.25, 0.3) is 11.7 Å². The number of aliphatic hydroxyl groups is 1. The van der Waals surface area contributed by atoms with Crippen LogP contribution in [-0.4, -0.2) is 39.3 Å². The van der Waals surface area contributed by atoms with E-state index in [0.29, 0.717) is 23.3 Å². The molecular weight excluding hydrogens is 480 g/mol. The maximum Gasteiger partial charge on any atom is 0.338 e. The van der Waals surface area contributed by atoms with Crippen LogP contribution in [0.2, 0.25) is 0 Å². The van der Waals surface area contributed by atoms with Crippen LogP contribution in [0.1, 0.15) is 46.4 Å². The third-order valence-corrected chi connectivity index (χ3v) is 6.54. The van der Waals surface area contributed by atoms with E-state index in [2.05, 4.69) is 4.98 Å². The van der Waals surface area contributed by atoms with Crippen molar-refractivity contribution < 1.29 is 24.2 Å². The molecule has 3 aromatic carbocycles. The predicted molar refractivity (Wildman–Crippen MR) is 143 cm³/mol. The van der Waals surface area contributed by atoms with Gasteiger partial charge in [-0.05, 0) is 52.6 Å². The van der Waals surface area contributed by atoms with E-state index >= 15 is 0 Å². The van der Waals surface area contributed by atoms with E-state index in [1.54, 1.807) is 60.9 Å². The lowest BCUT2D eigenvalue weighted by Gasteiger charge is -2.25. The third-order valence-electron chi connectivity index (χ3n) is 6.54. The van der Waals surface area contributed by atoms with Crippen molar-refractivity contribution in [1.82, 2.24) is 9.88 Å². The fraction of sp³-hybridized carbons (Fsp3) is 0.161. The molecule has 38 heavy (non-hydrogen) atoms. The summed E-state index contributed by atoms with van der Waals surface area (Å²) in [6, 6.07) is 22.5. The van der Waals surface area contributed by atoms with Gasteiger partial charge in [0.2, 0.25) is 0 Å². The smallest absolute Gasteiger partial charge is 0.338 e. The van der Waals surface area contributed by atoms with E-state index in [1.165, 1.54) is 4.90 Å². The van der Waals surface area contributed by atoms with Crippen molar-refractivity contribution in [3.8, 4) is 0 Å². The highest BCUT2D eigenvalue weighted by molar-refractivity contribution is 6.46. The molecule has 7 nitrogen and oxygen atoms in total. The number of rotatable bonds is 7. The first-order chi connectivity index (χ1) is 18.5. The Labute approximate surface area is 220 Å². The first-order valence-electron chi connectivity index (χ1n) is 12.4. The van der Waals surface area contributed by atoms with E-state index in [-0.39, 0.29) is 17.9 Å². The second-order valence-corrected chi connectivity index (χ2v) is 9.11. The third kappa shape index (κ3) is 4.78. The zero-order valence-electron chi connectivity index (χ0n) is 20.8. The van der Waals surface area contributed by atoms with Gasteiger partial charge in [-0.1, -0.05) is 61.5 Å². The number of pyridine rings is 1. The van der Waals surface area contributed by atoms with Gasteiger partial charge in [-0.15, -0.1) is 0 Å². The van der Waals surface area contributed by atoms with Gasteiger partial charge in [-0.3, -0.25) is 14.6 Å². The SMILES string of the molecule is CCCOC(=O)c1ccc(CN2C(=O)C(=O)/C(=C(\O)c3ccc4ccccc4c3)C2c2cccnc2)cc1. The molecule has 0 bridgehead atoms. The summed E-state index contributed by atoms with van der Waals surface area (Å²) in [5.74, 6) is -2.12. The molecule has 0 radical (unpaired) electrons. The maximum absolute atomic E-state index is 13.3. The number of ketones is 1. The Morgan fingerprint density at radius 2 is 1.68 bits per heavy atom. The number of hydrogen-bond acceptors (Lipinski definition) is 6. The van der Waals surface area contributed by atoms with E-state index in [1.807, 2.05) is 37.3 Å². The summed E-state index contributed by atoms with van der Waals surface area (Å²) in [5.41, 5.74) is 2.19. The standard InChI is InChI=1S/C31H26N2O5/c1-2-16-38-31(37)22-11-9-20(10-12-22)19-33-27(25-8-5-15-32-18-25)26(29(35)30(33)36)28(34)24-14-13-21-6-3-4-7-23(21)17-24/h3-15,17-18,27,34H,2,16,19H2,1H3/b28-26-. The normalized spacial score (nSPS) is 16.7. The van der Waals surface area contributed by atoms with E-state index < -0.39 is 23.7 Å². The van der Waals surface area contributed by atoms with Crippen LogP contribution in [0.3, 0.4) is 0 Å². The summed E-state index contributed by atoms with van der Waals surface area (Å²) in [6.07, 6.45) is 3.92. The lowest BCUT2D eigenvalue weighted by Crippen LogP contribution is -2.29. The number of ether oxygens (including phenoxy) is 1. The highest BCUT2D eigenvalue weighted by Gasteiger charge is 2.46. The Morgan fingerprint density at radius 3 is 2.39 bits per heavy atom. The second kappa shape index (κ2) is 10.7. The number of esters is 1. The molecule has 1 aliphatic rings. The van der Waals surface area contributed by atoms with Crippen molar-refractivity contribution in [1.29, 1.82) is 0 Å². The van der Waals surface area contributed by atoms with E-state index in [4.69, 9.17) is 4.74 Å². The number of carbonyl (C=O) groups excluding carboxylic acids is 3. The fourth-order valence-electron chi connectivity index (χ4n) is 4.64. The number of Topliss-reactive ketones (excluding diaryl/α,β-unsaturated/α-hetero) is 1. The molecule has 1 atom stereocenters. The molecule has 4 aromatic rings. The topological polar surface area (TPSA) is 96.8 Å². The molecule has 190 valence electrons. The number of nitrogens with zero attached hydrogens (tertiary/aromatic N) is 2. The number of amides is 1. The van der Waals surface area contributed by atoms with Gasteiger partial charge >= 0.3 is 5.97 Å². The minimum atomic E-state index is -0.829. The Bertz CT molecular complexity index is 1540. The van der Waals surface area contributed by atoms with Crippen LogP contribution >= 0.6 is 0 Å². The molecule has 1 saturated heterocycles. The average molecular weight is 507 g/mol. The molecule has 1 fully saturated rings. The van der Waals surface area contributed by atoms with Gasteiger partial charge < -0.3 is 14.7 Å². The van der Waals surface area contributed by atoms with Crippen LogP contribution in [0.5, 0.6) is 0 Å². The minimum absolute atomic E-state index is 0.0121. The molecule has 0 spiro atoms. The van der Waals surface area contributed by atoms with Gasteiger partial charge in [0.05, 0.1) is 23.8 Å². The molecular formula is C31H26N2O5. The summed E-state index contributed by atoms with van der Waals surface area (Å²) in [5, 5.41) is 13.3. The lowest BCUT2D eigenvalue weighted by atomic mass is 9.95. The van der Waals surface area contributed by atoms with E-state index in [9.17, 15) is 19.5 Å². The van der Waals surface area contributed by atoms with Crippen LogP contribution in [-0.2, 0) is 20.9 Å². The quantitative estimate of drug-likeness (QED) is 0.156. The number of aliphatic hydroxyl groups excluding tert-OH is 1. The van der Waals surface area contributed by atoms with Gasteiger partial charge in [0, 0.05) is 24.5 Å². The summed E-state index contributed by atoms with van der Waals surface area (Å²) in [4.78, 5) is 44.4. The van der Waals surface area contributed by atoms with Crippen LogP contribution in [0.25, 0.3) is 16.5 Å². The molecule has 1 amide bonds. The van der Waals surface area contributed by atoms with Crippen molar-refractivity contribution in [2.24, 2.45) is 0 Å². The summed E-state index contributed by atoms with van der Waals surface area (Å²) < 4.78 is 5.18. The summed E-state index contributed by atoms with van der Waals surface area (Å²) in [6.45, 7) is 2.36. The molecule has 1 unspecified atom stereocenters. The predicted octanol–water partition coefficient (Wildman–Crippen LogP) is 5.42. The van der Waals surface area contributed by atoms with Crippen molar-refractivity contribution in [2.75, 3.05) is 6.61 Å². The Hall–Kier alpha value is -4.78. The zero-order chi connectivity index (χ0) is 26.6. The molecule has 1 aromatic heterocycles. The molecule has 0 aliphatic carbocycles. The molecule has 5 rings (SSSR count). The Balaban J connectivity index is 1.53. The molecule has 0 saturated carbocycles. The highest BCUT2D eigenvalue weighted by Crippen LogP contribution is 2.40. The molecule has 7 heteroatoms. The van der Waals surface area contributed by atoms with Crippen molar-refractivity contribution in [3.05, 3.63) is 119 Å². The summed E-state index contributed by atoms with van der Waals surface area (Å²) >= 11 is 0. The van der Waals surface area contributed by atoms with Crippen molar-refractivity contribution >= 4 is 34.2 Å². The fourth-order valence-corrected chi connectivity index (χ4v) is 4.64. The average Bonchev–Trinajstić information content (AvgIpc) is 3.21. The van der Waals surface area contributed by atoms with Gasteiger partial charge in [-0.2, -0.15) is 0 Å². The number of carbonyl (C=O) groups is 3. The zero-order valence-corrected chi connectivity index (χ0v) is 20.8. The molecule has 2 heterocycles. The van der Waals surface area contributed by atoms with Crippen molar-refractivity contribution in [3.63, 3.8) is 0 Å². The largest absolute Gasteiger partial charge is 0.507 e. The van der Waals surface area contributed by atoms with Crippen LogP contribution < -0.4 is 0 Å². The number of likely N-dealkylation sites (tertiary alicyclic amines) is 1. The number of aromatic nitrogens is 1. The maximum atomic E-state index is 13.3. The molecule has 1 aliphatic heterocycles. The van der Waals surface area contributed by atoms with Crippen LogP contribution in [0.15, 0.2) is 96.8 Å². The first-order valence-corrected chi connectivity index (χ1v) is 12.4. The molecule has 1 N–H and O–H groups in total. The Kier molecular flexibility index (Phi) is 7.00. The minimum Gasteiger partial charge on any atom is -0.507 e.